The van der Waals surface area contributed by atoms with Crippen molar-refractivity contribution in [2.75, 3.05) is 4.90 Å². The predicted octanol–water partition coefficient (Wildman–Crippen LogP) is 15.1. The molecule has 10 rings (SSSR count). The van der Waals surface area contributed by atoms with Gasteiger partial charge < -0.3 is 4.90 Å². The third-order valence-corrected chi connectivity index (χ3v) is 11.2. The van der Waals surface area contributed by atoms with Gasteiger partial charge in [-0.1, -0.05) is 164 Å². The average Bonchev–Trinajstić information content (AvgIpc) is 3.25. The van der Waals surface area contributed by atoms with Crippen LogP contribution in [-0.2, 0) is 0 Å². The minimum absolute atomic E-state index is 1.05. The van der Waals surface area contributed by atoms with Crippen LogP contribution in [0.3, 0.4) is 0 Å². The van der Waals surface area contributed by atoms with Gasteiger partial charge in [-0.05, 0) is 127 Å². The zero-order chi connectivity index (χ0) is 36.0. The molecule has 0 fully saturated rings. The Hall–Kier alpha value is -6.70. The van der Waals surface area contributed by atoms with Gasteiger partial charge in [-0.3, -0.25) is 0 Å². The highest BCUT2D eigenvalue weighted by atomic mass is 15.1. The number of hydrogen-bond acceptors (Lipinski definition) is 1. The molecule has 0 radical (unpaired) electrons. The standard InChI is InChI=1S/C53H39N/c1-36-18-11-16-30-49(36)54(50-31-17-26-37-23-12-13-27-42(37)50)41-32-33-45-48(34-41)43-28-14-15-29-44(43)52-47(39-21-7-3-8-22-39)35-46(38-19-5-2-6-20-38)51(53(45)52)40-24-9-4-10-25-40/h2-10,12-17,19-35H,11,18H2,1H3. The van der Waals surface area contributed by atoms with Gasteiger partial charge in [0.2, 0.25) is 0 Å². The lowest BCUT2D eigenvalue weighted by Gasteiger charge is -2.31. The Kier molecular flexibility index (Phi) is 7.92. The predicted molar refractivity (Wildman–Crippen MR) is 232 cm³/mol. The molecule has 1 heteroatoms. The van der Waals surface area contributed by atoms with Crippen molar-refractivity contribution < 1.29 is 0 Å². The topological polar surface area (TPSA) is 3.24 Å². The zero-order valence-corrected chi connectivity index (χ0v) is 30.3. The number of rotatable bonds is 6. The molecule has 0 atom stereocenters. The van der Waals surface area contributed by atoms with Gasteiger partial charge in [0, 0.05) is 16.8 Å². The molecule has 0 spiro atoms. The highest BCUT2D eigenvalue weighted by Gasteiger charge is 2.24. The van der Waals surface area contributed by atoms with E-state index >= 15 is 0 Å². The van der Waals surface area contributed by atoms with Gasteiger partial charge in [-0.15, -0.1) is 0 Å². The summed E-state index contributed by atoms with van der Waals surface area (Å²) in [7, 11) is 0. The maximum Gasteiger partial charge on any atom is 0.0540 e. The summed E-state index contributed by atoms with van der Waals surface area (Å²) in [4.78, 5) is 2.50. The molecule has 1 aliphatic rings. The maximum atomic E-state index is 2.50. The maximum absolute atomic E-state index is 2.50. The van der Waals surface area contributed by atoms with Gasteiger partial charge >= 0.3 is 0 Å². The molecule has 0 bridgehead atoms. The second-order valence-electron chi connectivity index (χ2n) is 14.4. The Morgan fingerprint density at radius 3 is 1.76 bits per heavy atom. The Labute approximate surface area is 316 Å². The number of nitrogens with zero attached hydrogens (tertiary/aromatic N) is 1. The van der Waals surface area contributed by atoms with Crippen LogP contribution in [0.15, 0.2) is 205 Å². The first-order chi connectivity index (χ1) is 26.7. The molecule has 9 aromatic rings. The first-order valence-corrected chi connectivity index (χ1v) is 19.0. The summed E-state index contributed by atoms with van der Waals surface area (Å²) >= 11 is 0. The second kappa shape index (κ2) is 13.4. The fourth-order valence-corrected chi connectivity index (χ4v) is 8.72. The van der Waals surface area contributed by atoms with Gasteiger partial charge in [0.05, 0.1) is 5.69 Å². The molecule has 9 aromatic carbocycles. The third kappa shape index (κ3) is 5.32. The SMILES string of the molecule is CC1=C(N(c2ccc3c(c2)c2ccccc2c2c(-c4ccccc4)cc(-c4ccccc4)c(-c4ccccc4)c32)c2cccc3ccccc23)C=CCC1. The first kappa shape index (κ1) is 32.0. The van der Waals surface area contributed by atoms with E-state index in [1.165, 1.54) is 93.4 Å². The highest BCUT2D eigenvalue weighted by molar-refractivity contribution is 6.33. The quantitative estimate of drug-likeness (QED) is 0.157. The van der Waals surface area contributed by atoms with Crippen LogP contribution < -0.4 is 4.90 Å². The Morgan fingerprint density at radius 2 is 1.04 bits per heavy atom. The van der Waals surface area contributed by atoms with E-state index in [2.05, 4.69) is 206 Å². The first-order valence-electron chi connectivity index (χ1n) is 19.0. The van der Waals surface area contributed by atoms with Gasteiger partial charge in [-0.25, -0.2) is 0 Å². The Balaban J connectivity index is 1.37. The molecule has 0 saturated heterocycles. The van der Waals surface area contributed by atoms with E-state index in [9.17, 15) is 0 Å². The van der Waals surface area contributed by atoms with Crippen molar-refractivity contribution in [2.45, 2.75) is 19.8 Å². The van der Waals surface area contributed by atoms with Crippen molar-refractivity contribution in [1.82, 2.24) is 0 Å². The fraction of sp³-hybridized carbons (Fsp3) is 0.0566. The lowest BCUT2D eigenvalue weighted by atomic mass is 9.81. The van der Waals surface area contributed by atoms with Crippen molar-refractivity contribution in [3.05, 3.63) is 205 Å². The van der Waals surface area contributed by atoms with Crippen molar-refractivity contribution >= 4 is 54.5 Å². The van der Waals surface area contributed by atoms with Gasteiger partial charge in [0.1, 0.15) is 0 Å². The zero-order valence-electron chi connectivity index (χ0n) is 30.3. The largest absolute Gasteiger partial charge is 0.310 e. The van der Waals surface area contributed by atoms with E-state index in [0.29, 0.717) is 0 Å². The molecular formula is C53H39N. The van der Waals surface area contributed by atoms with E-state index in [1.807, 2.05) is 0 Å². The highest BCUT2D eigenvalue weighted by Crippen LogP contribution is 2.50. The molecule has 0 saturated carbocycles. The number of anilines is 2. The minimum Gasteiger partial charge on any atom is -0.310 e. The average molecular weight is 690 g/mol. The van der Waals surface area contributed by atoms with Crippen LogP contribution in [0.2, 0.25) is 0 Å². The molecule has 0 heterocycles. The van der Waals surface area contributed by atoms with Crippen LogP contribution in [-0.4, -0.2) is 0 Å². The van der Waals surface area contributed by atoms with Crippen molar-refractivity contribution in [2.24, 2.45) is 0 Å². The summed E-state index contributed by atoms with van der Waals surface area (Å²) in [5.74, 6) is 0. The van der Waals surface area contributed by atoms with E-state index in [0.717, 1.165) is 18.5 Å². The van der Waals surface area contributed by atoms with Crippen LogP contribution in [0, 0.1) is 0 Å². The lowest BCUT2D eigenvalue weighted by Crippen LogP contribution is -2.18. The van der Waals surface area contributed by atoms with Gasteiger partial charge in [0.15, 0.2) is 0 Å². The number of allylic oxidation sites excluding steroid dienone is 3. The number of benzene rings is 9. The molecule has 0 unspecified atom stereocenters. The molecular weight excluding hydrogens is 651 g/mol. The number of hydrogen-bond donors (Lipinski definition) is 0. The van der Waals surface area contributed by atoms with Gasteiger partial charge in [-0.2, -0.15) is 0 Å². The normalized spacial score (nSPS) is 13.0. The Bertz CT molecular complexity index is 2910. The second-order valence-corrected chi connectivity index (χ2v) is 14.4. The summed E-state index contributed by atoms with van der Waals surface area (Å²) in [5, 5.41) is 10.1. The summed E-state index contributed by atoms with van der Waals surface area (Å²) in [6.07, 6.45) is 6.78. The third-order valence-electron chi connectivity index (χ3n) is 11.2. The van der Waals surface area contributed by atoms with Crippen molar-refractivity contribution in [3.8, 4) is 33.4 Å². The molecule has 0 aliphatic heterocycles. The summed E-state index contributed by atoms with van der Waals surface area (Å²) in [6.45, 7) is 2.29. The van der Waals surface area contributed by atoms with Gasteiger partial charge in [0.25, 0.3) is 0 Å². The molecule has 256 valence electrons. The smallest absolute Gasteiger partial charge is 0.0540 e. The van der Waals surface area contributed by atoms with Crippen LogP contribution in [0.5, 0.6) is 0 Å². The summed E-state index contributed by atoms with van der Waals surface area (Å²) < 4.78 is 0. The van der Waals surface area contributed by atoms with E-state index < -0.39 is 0 Å². The van der Waals surface area contributed by atoms with E-state index in [-0.39, 0.29) is 0 Å². The number of fused-ring (bicyclic) bond motifs is 7. The molecule has 1 nitrogen and oxygen atoms in total. The molecule has 54 heavy (non-hydrogen) atoms. The lowest BCUT2D eigenvalue weighted by molar-refractivity contribution is 0.924. The van der Waals surface area contributed by atoms with Crippen molar-refractivity contribution in [1.29, 1.82) is 0 Å². The Morgan fingerprint density at radius 1 is 0.444 bits per heavy atom. The summed E-state index contributed by atoms with van der Waals surface area (Å²) in [5.41, 5.74) is 12.4. The molecule has 0 amide bonds. The molecule has 1 aliphatic carbocycles. The fourth-order valence-electron chi connectivity index (χ4n) is 8.72. The van der Waals surface area contributed by atoms with Crippen molar-refractivity contribution in [3.63, 3.8) is 0 Å². The monoisotopic (exact) mass is 689 g/mol. The van der Waals surface area contributed by atoms with E-state index in [4.69, 9.17) is 0 Å². The summed E-state index contributed by atoms with van der Waals surface area (Å²) in [6, 6.07) is 66.9. The van der Waals surface area contributed by atoms with Crippen LogP contribution in [0.1, 0.15) is 19.8 Å². The minimum atomic E-state index is 1.05. The molecule has 0 aromatic heterocycles. The van der Waals surface area contributed by atoms with E-state index in [1.54, 1.807) is 0 Å². The molecule has 0 N–H and O–H groups in total. The van der Waals surface area contributed by atoms with Crippen LogP contribution in [0.4, 0.5) is 11.4 Å². The van der Waals surface area contributed by atoms with Crippen LogP contribution in [0.25, 0.3) is 76.5 Å². The van der Waals surface area contributed by atoms with Crippen LogP contribution >= 0.6 is 0 Å².